The first-order valence-electron chi connectivity index (χ1n) is 9.66. The smallest absolute Gasteiger partial charge is 0.255 e. The standard InChI is InChI=1S/C20H29N3O4/c1-15-20(8-4-10-22(19(20)26)12-13-27-3)9-5-11-23(15)18(25)16-6-7-17(24)21(2)14-16/h6-7,14-15H,4-5,8-13H2,1-3H3/t15-,20+/m1/s1. The molecule has 0 aliphatic carbocycles. The molecule has 2 atom stereocenters. The molecule has 0 unspecified atom stereocenters. The first-order valence-corrected chi connectivity index (χ1v) is 9.66. The van der Waals surface area contributed by atoms with Gasteiger partial charge in [0.1, 0.15) is 0 Å². The third-order valence-corrected chi connectivity index (χ3v) is 6.21. The molecule has 2 aliphatic rings. The molecule has 1 aromatic heterocycles. The average molecular weight is 375 g/mol. The summed E-state index contributed by atoms with van der Waals surface area (Å²) in [5, 5.41) is 0. The Hall–Kier alpha value is -2.15. The van der Waals surface area contributed by atoms with Crippen LogP contribution in [0.25, 0.3) is 0 Å². The van der Waals surface area contributed by atoms with Gasteiger partial charge in [-0.05, 0) is 38.7 Å². The molecule has 7 heteroatoms. The summed E-state index contributed by atoms with van der Waals surface area (Å²) in [6.45, 7) is 4.51. The highest BCUT2D eigenvalue weighted by Crippen LogP contribution is 2.44. The van der Waals surface area contributed by atoms with E-state index in [1.54, 1.807) is 26.4 Å². The number of nitrogens with zero attached hydrogens (tertiary/aromatic N) is 3. The van der Waals surface area contributed by atoms with Gasteiger partial charge in [0.05, 0.1) is 17.6 Å². The van der Waals surface area contributed by atoms with E-state index < -0.39 is 5.41 Å². The Labute approximate surface area is 159 Å². The van der Waals surface area contributed by atoms with Gasteiger partial charge in [0.2, 0.25) is 11.5 Å². The predicted octanol–water partition coefficient (Wildman–Crippen LogP) is 1.26. The Kier molecular flexibility index (Phi) is 5.69. The minimum Gasteiger partial charge on any atom is -0.383 e. The van der Waals surface area contributed by atoms with Crippen LogP contribution in [0.5, 0.6) is 0 Å². The van der Waals surface area contributed by atoms with E-state index in [-0.39, 0.29) is 23.4 Å². The number of hydrogen-bond acceptors (Lipinski definition) is 4. The monoisotopic (exact) mass is 375 g/mol. The van der Waals surface area contributed by atoms with Crippen LogP contribution in [0.1, 0.15) is 43.0 Å². The molecule has 3 heterocycles. The molecule has 0 bridgehead atoms. The van der Waals surface area contributed by atoms with E-state index in [1.807, 2.05) is 16.7 Å². The zero-order valence-electron chi connectivity index (χ0n) is 16.4. The lowest BCUT2D eigenvalue weighted by molar-refractivity contribution is -0.154. The Morgan fingerprint density at radius 2 is 1.93 bits per heavy atom. The summed E-state index contributed by atoms with van der Waals surface area (Å²) in [5.74, 6) is 0.0373. The number of methoxy groups -OCH3 is 1. The van der Waals surface area contributed by atoms with Crippen molar-refractivity contribution in [3.63, 3.8) is 0 Å². The first kappa shape index (κ1) is 19.6. The Balaban J connectivity index is 1.85. The number of aryl methyl sites for hydroxylation is 1. The second-order valence-electron chi connectivity index (χ2n) is 7.69. The normalized spacial score (nSPS) is 25.9. The van der Waals surface area contributed by atoms with Crippen molar-refractivity contribution in [2.45, 2.75) is 38.6 Å². The molecule has 0 N–H and O–H groups in total. The molecule has 7 nitrogen and oxygen atoms in total. The summed E-state index contributed by atoms with van der Waals surface area (Å²) >= 11 is 0. The zero-order chi connectivity index (χ0) is 19.6. The van der Waals surface area contributed by atoms with Gasteiger partial charge in [0.25, 0.3) is 5.91 Å². The molecule has 2 saturated heterocycles. The van der Waals surface area contributed by atoms with Crippen molar-refractivity contribution in [2.75, 3.05) is 33.4 Å². The average Bonchev–Trinajstić information content (AvgIpc) is 2.66. The first-order chi connectivity index (χ1) is 12.9. The molecule has 3 rings (SSSR count). The van der Waals surface area contributed by atoms with Gasteiger partial charge in [0.15, 0.2) is 0 Å². The van der Waals surface area contributed by atoms with Crippen LogP contribution in [-0.4, -0.2) is 65.6 Å². The maximum Gasteiger partial charge on any atom is 0.255 e. The van der Waals surface area contributed by atoms with Crippen molar-refractivity contribution in [3.05, 3.63) is 34.2 Å². The van der Waals surface area contributed by atoms with Gasteiger partial charge in [-0.25, -0.2) is 0 Å². The lowest BCUT2D eigenvalue weighted by Gasteiger charge is -2.51. The lowest BCUT2D eigenvalue weighted by atomic mass is 9.67. The van der Waals surface area contributed by atoms with Crippen LogP contribution in [-0.2, 0) is 16.6 Å². The van der Waals surface area contributed by atoms with Crippen LogP contribution in [0, 0.1) is 5.41 Å². The number of rotatable bonds is 4. The molecule has 148 valence electrons. The quantitative estimate of drug-likeness (QED) is 0.794. The molecule has 1 aromatic rings. The molecule has 2 aliphatic heterocycles. The molecule has 27 heavy (non-hydrogen) atoms. The number of amides is 2. The van der Waals surface area contributed by atoms with Gasteiger partial charge in [-0.15, -0.1) is 0 Å². The van der Waals surface area contributed by atoms with Crippen LogP contribution in [0.4, 0.5) is 0 Å². The lowest BCUT2D eigenvalue weighted by Crippen LogP contribution is -2.62. The second-order valence-corrected chi connectivity index (χ2v) is 7.69. The summed E-state index contributed by atoms with van der Waals surface area (Å²) in [6, 6.07) is 2.82. The maximum absolute atomic E-state index is 13.3. The van der Waals surface area contributed by atoms with E-state index in [9.17, 15) is 14.4 Å². The SMILES string of the molecule is COCCN1CCC[C@@]2(CCCN(C(=O)c3ccc(=O)n(C)c3)[C@@H]2C)C1=O. The van der Waals surface area contributed by atoms with Gasteiger partial charge >= 0.3 is 0 Å². The van der Waals surface area contributed by atoms with E-state index in [1.165, 1.54) is 10.6 Å². The Morgan fingerprint density at radius 3 is 2.59 bits per heavy atom. The summed E-state index contributed by atoms with van der Waals surface area (Å²) < 4.78 is 6.56. The molecular weight excluding hydrogens is 346 g/mol. The molecule has 0 aromatic carbocycles. The number of ether oxygens (including phenoxy) is 1. The van der Waals surface area contributed by atoms with Crippen molar-refractivity contribution in [1.82, 2.24) is 14.4 Å². The topological polar surface area (TPSA) is 71.8 Å². The molecule has 0 radical (unpaired) electrons. The third-order valence-electron chi connectivity index (χ3n) is 6.21. The van der Waals surface area contributed by atoms with Crippen LogP contribution in [0.15, 0.2) is 23.1 Å². The van der Waals surface area contributed by atoms with Gasteiger partial charge < -0.3 is 19.1 Å². The molecule has 2 fully saturated rings. The van der Waals surface area contributed by atoms with Crippen LogP contribution in [0.2, 0.25) is 0 Å². The highest BCUT2D eigenvalue weighted by Gasteiger charge is 2.52. The molecular formula is C20H29N3O4. The van der Waals surface area contributed by atoms with E-state index in [0.29, 0.717) is 25.3 Å². The highest BCUT2D eigenvalue weighted by molar-refractivity contribution is 5.95. The number of likely N-dealkylation sites (tertiary alicyclic amines) is 2. The molecule has 1 spiro atoms. The van der Waals surface area contributed by atoms with Crippen LogP contribution < -0.4 is 5.56 Å². The van der Waals surface area contributed by atoms with Gasteiger partial charge in [-0.3, -0.25) is 14.4 Å². The summed E-state index contributed by atoms with van der Waals surface area (Å²) in [7, 11) is 3.28. The molecule has 2 amide bonds. The van der Waals surface area contributed by atoms with E-state index >= 15 is 0 Å². The second kappa shape index (κ2) is 7.84. The van der Waals surface area contributed by atoms with Crippen molar-refractivity contribution < 1.29 is 14.3 Å². The van der Waals surface area contributed by atoms with Crippen molar-refractivity contribution in [2.24, 2.45) is 12.5 Å². The Bertz CT molecular complexity index is 771. The summed E-state index contributed by atoms with van der Waals surface area (Å²) in [6.07, 6.45) is 4.96. The fraction of sp³-hybridized carbons (Fsp3) is 0.650. The minimum absolute atomic E-state index is 0.112. The Morgan fingerprint density at radius 1 is 1.22 bits per heavy atom. The van der Waals surface area contributed by atoms with E-state index in [2.05, 4.69) is 0 Å². The van der Waals surface area contributed by atoms with Crippen molar-refractivity contribution in [3.8, 4) is 0 Å². The van der Waals surface area contributed by atoms with Gasteiger partial charge in [-0.1, -0.05) is 0 Å². The third kappa shape index (κ3) is 3.52. The summed E-state index contributed by atoms with van der Waals surface area (Å²) in [5.41, 5.74) is -0.174. The highest BCUT2D eigenvalue weighted by atomic mass is 16.5. The van der Waals surface area contributed by atoms with Crippen molar-refractivity contribution >= 4 is 11.8 Å². The maximum atomic E-state index is 13.3. The van der Waals surface area contributed by atoms with Gasteiger partial charge in [-0.2, -0.15) is 0 Å². The van der Waals surface area contributed by atoms with Crippen molar-refractivity contribution in [1.29, 1.82) is 0 Å². The number of aromatic nitrogens is 1. The predicted molar refractivity (Wildman–Crippen MR) is 102 cm³/mol. The number of piperidine rings is 2. The zero-order valence-corrected chi connectivity index (χ0v) is 16.4. The summed E-state index contributed by atoms with van der Waals surface area (Å²) in [4.78, 5) is 41.8. The largest absolute Gasteiger partial charge is 0.383 e. The fourth-order valence-electron chi connectivity index (χ4n) is 4.57. The van der Waals surface area contributed by atoms with Gasteiger partial charge in [0, 0.05) is 52.1 Å². The fourth-order valence-corrected chi connectivity index (χ4v) is 4.57. The molecule has 0 saturated carbocycles. The number of hydrogen-bond donors (Lipinski definition) is 0. The number of pyridine rings is 1. The minimum atomic E-state index is -0.513. The number of carbonyl (C=O) groups excluding carboxylic acids is 2. The van der Waals surface area contributed by atoms with E-state index in [0.717, 1.165) is 32.2 Å². The van der Waals surface area contributed by atoms with Crippen LogP contribution in [0.3, 0.4) is 0 Å². The van der Waals surface area contributed by atoms with E-state index in [4.69, 9.17) is 4.74 Å². The van der Waals surface area contributed by atoms with Crippen LogP contribution >= 0.6 is 0 Å². The number of carbonyl (C=O) groups is 2.